The van der Waals surface area contributed by atoms with E-state index in [1.165, 1.54) is 21.9 Å². The fraction of sp³-hybridized carbons (Fsp3) is 0.130. The van der Waals surface area contributed by atoms with Crippen molar-refractivity contribution in [1.82, 2.24) is 9.38 Å². The highest BCUT2D eigenvalue weighted by molar-refractivity contribution is 6.30. The highest BCUT2D eigenvalue weighted by atomic mass is 35.5. The van der Waals surface area contributed by atoms with E-state index in [9.17, 15) is 0 Å². The molecule has 0 spiro atoms. The van der Waals surface area contributed by atoms with Gasteiger partial charge in [0, 0.05) is 39.2 Å². The number of para-hydroxylation sites is 1. The molecule has 4 heterocycles. The molecule has 3 nitrogen and oxygen atoms in total. The van der Waals surface area contributed by atoms with E-state index in [1.807, 2.05) is 24.4 Å². The molecule has 1 aliphatic heterocycles. The third kappa shape index (κ3) is 1.82. The van der Waals surface area contributed by atoms with Crippen molar-refractivity contribution < 1.29 is 0 Å². The summed E-state index contributed by atoms with van der Waals surface area (Å²) < 4.78 is 2.28. The molecule has 0 atom stereocenters. The van der Waals surface area contributed by atoms with Crippen LogP contribution in [0.2, 0.25) is 5.02 Å². The molecule has 2 aromatic carbocycles. The summed E-state index contributed by atoms with van der Waals surface area (Å²) in [6.07, 6.45) is 4.13. The summed E-state index contributed by atoms with van der Waals surface area (Å²) >= 11 is 6.30. The number of hydrogen-bond donors (Lipinski definition) is 0. The maximum Gasteiger partial charge on any atom is 0.114 e. The zero-order valence-corrected chi connectivity index (χ0v) is 15.7. The van der Waals surface area contributed by atoms with Gasteiger partial charge in [-0.1, -0.05) is 43.6 Å². The summed E-state index contributed by atoms with van der Waals surface area (Å²) in [6, 6.07) is 16.6. The Hall–Kier alpha value is -2.91. The minimum Gasteiger partial charge on any atom is -0.313 e. The first-order valence-corrected chi connectivity index (χ1v) is 9.43. The number of rotatable bonds is 0. The highest BCUT2D eigenvalue weighted by Crippen LogP contribution is 2.41. The molecule has 4 heteroatoms. The monoisotopic (exact) mass is 369 g/mol. The summed E-state index contributed by atoms with van der Waals surface area (Å²) in [5, 5.41) is 4.17. The molecule has 27 heavy (non-hydrogen) atoms. The molecule has 0 fully saturated rings. The van der Waals surface area contributed by atoms with Gasteiger partial charge in [0.25, 0.3) is 0 Å². The lowest BCUT2D eigenvalue weighted by Crippen LogP contribution is -2.32. The third-order valence-corrected chi connectivity index (χ3v) is 6.13. The zero-order chi connectivity index (χ0) is 18.3. The lowest BCUT2D eigenvalue weighted by atomic mass is 9.76. The number of benzene rings is 2. The molecule has 130 valence electrons. The Morgan fingerprint density at radius 1 is 0.963 bits per heavy atom. The predicted octanol–water partition coefficient (Wildman–Crippen LogP) is 5.60. The van der Waals surface area contributed by atoms with E-state index >= 15 is 0 Å². The number of fused-ring (bicyclic) bond motifs is 6. The van der Waals surface area contributed by atoms with Crippen LogP contribution in [0, 0.1) is 0 Å². The fourth-order valence-corrected chi connectivity index (χ4v) is 4.69. The van der Waals surface area contributed by atoms with Crippen LogP contribution in [0.15, 0.2) is 65.9 Å². The van der Waals surface area contributed by atoms with E-state index < -0.39 is 0 Å². The molecule has 6 rings (SSSR count). The maximum absolute atomic E-state index is 6.30. The molecule has 3 aromatic heterocycles. The number of aromatic nitrogens is 2. The molecule has 0 N–H and O–H groups in total. The van der Waals surface area contributed by atoms with Gasteiger partial charge < -0.3 is 4.40 Å². The second kappa shape index (κ2) is 4.87. The van der Waals surface area contributed by atoms with Gasteiger partial charge >= 0.3 is 0 Å². The predicted molar refractivity (Wildman–Crippen MR) is 110 cm³/mol. The molecular weight excluding hydrogens is 354 g/mol. The molecule has 0 amide bonds. The SMILES string of the molecule is CC1(C)c2cc(Cl)ccc2N=c2c1cn1c3ccccc3c3ccnc2c31. The molecule has 0 saturated heterocycles. The van der Waals surface area contributed by atoms with Crippen molar-refractivity contribution in [3.8, 4) is 0 Å². The summed E-state index contributed by atoms with van der Waals surface area (Å²) in [5.41, 5.74) is 6.36. The lowest BCUT2D eigenvalue weighted by molar-refractivity contribution is 0.621. The fourth-order valence-electron chi connectivity index (χ4n) is 4.51. The van der Waals surface area contributed by atoms with Crippen molar-refractivity contribution in [1.29, 1.82) is 0 Å². The van der Waals surface area contributed by atoms with Crippen LogP contribution in [0.4, 0.5) is 5.69 Å². The minimum absolute atomic E-state index is 0.218. The van der Waals surface area contributed by atoms with Gasteiger partial charge in [0.15, 0.2) is 0 Å². The van der Waals surface area contributed by atoms with Crippen molar-refractivity contribution in [3.05, 3.63) is 82.4 Å². The Labute approximate surface area is 160 Å². The highest BCUT2D eigenvalue weighted by Gasteiger charge is 2.33. The average molecular weight is 370 g/mol. The van der Waals surface area contributed by atoms with Gasteiger partial charge in [-0.3, -0.25) is 4.98 Å². The quantitative estimate of drug-likeness (QED) is 0.349. The summed E-state index contributed by atoms with van der Waals surface area (Å²) in [4.78, 5) is 9.77. The van der Waals surface area contributed by atoms with Gasteiger partial charge in [-0.25, -0.2) is 4.99 Å². The molecule has 5 aromatic rings. The van der Waals surface area contributed by atoms with E-state index in [2.05, 4.69) is 54.8 Å². The maximum atomic E-state index is 6.30. The second-order valence-electron chi connectivity index (χ2n) is 7.73. The van der Waals surface area contributed by atoms with Crippen LogP contribution >= 0.6 is 11.6 Å². The average Bonchev–Trinajstić information content (AvgIpc) is 2.99. The first kappa shape index (κ1) is 15.2. The van der Waals surface area contributed by atoms with Crippen molar-refractivity contribution in [2.45, 2.75) is 19.3 Å². The minimum atomic E-state index is -0.218. The second-order valence-corrected chi connectivity index (χ2v) is 8.17. The summed E-state index contributed by atoms with van der Waals surface area (Å²) in [5.74, 6) is 0. The Morgan fingerprint density at radius 2 is 1.81 bits per heavy atom. The zero-order valence-electron chi connectivity index (χ0n) is 15.0. The Kier molecular flexibility index (Phi) is 2.74. The topological polar surface area (TPSA) is 29.7 Å². The van der Waals surface area contributed by atoms with Crippen LogP contribution in [0.5, 0.6) is 0 Å². The third-order valence-electron chi connectivity index (χ3n) is 5.89. The Bertz CT molecular complexity index is 1460. The molecule has 0 bridgehead atoms. The van der Waals surface area contributed by atoms with E-state index in [0.717, 1.165) is 32.7 Å². The van der Waals surface area contributed by atoms with Crippen molar-refractivity contribution in [3.63, 3.8) is 0 Å². The van der Waals surface area contributed by atoms with E-state index in [-0.39, 0.29) is 5.41 Å². The first-order chi connectivity index (χ1) is 13.1. The van der Waals surface area contributed by atoms with Gasteiger partial charge in [0.05, 0.1) is 22.1 Å². The number of nitrogens with zero attached hydrogens (tertiary/aromatic N) is 3. The van der Waals surface area contributed by atoms with Crippen LogP contribution in [0.1, 0.15) is 25.0 Å². The standard InChI is InChI=1S/C23H16ClN3/c1-23(2)16-11-13(24)7-8-18(16)26-20-17(23)12-27-19-6-4-3-5-14(19)15-9-10-25-21(20)22(15)27/h3-12H,1-2H3. The molecule has 0 saturated carbocycles. The van der Waals surface area contributed by atoms with Gasteiger partial charge in [0.1, 0.15) is 5.52 Å². The summed E-state index contributed by atoms with van der Waals surface area (Å²) in [7, 11) is 0. The van der Waals surface area contributed by atoms with Crippen LogP contribution in [-0.4, -0.2) is 9.38 Å². The Balaban J connectivity index is 1.90. The molecule has 0 aliphatic carbocycles. The van der Waals surface area contributed by atoms with Crippen molar-refractivity contribution in [2.24, 2.45) is 4.99 Å². The van der Waals surface area contributed by atoms with Crippen LogP contribution < -0.4 is 5.36 Å². The normalized spacial score (nSPS) is 15.1. The van der Waals surface area contributed by atoms with Crippen LogP contribution in [0.25, 0.3) is 27.3 Å². The van der Waals surface area contributed by atoms with Gasteiger partial charge in [-0.05, 0) is 35.9 Å². The van der Waals surface area contributed by atoms with E-state index in [4.69, 9.17) is 21.6 Å². The van der Waals surface area contributed by atoms with Gasteiger partial charge in [-0.2, -0.15) is 0 Å². The first-order valence-electron chi connectivity index (χ1n) is 9.05. The smallest absolute Gasteiger partial charge is 0.114 e. The molecule has 0 radical (unpaired) electrons. The van der Waals surface area contributed by atoms with E-state index in [1.54, 1.807) is 0 Å². The molecule has 0 unspecified atom stereocenters. The molecular formula is C23H16ClN3. The molecule has 1 aliphatic rings. The van der Waals surface area contributed by atoms with Gasteiger partial charge in [-0.15, -0.1) is 0 Å². The number of pyridine rings is 2. The summed E-state index contributed by atoms with van der Waals surface area (Å²) in [6.45, 7) is 4.47. The van der Waals surface area contributed by atoms with E-state index in [0.29, 0.717) is 0 Å². The number of hydrogen-bond acceptors (Lipinski definition) is 2. The van der Waals surface area contributed by atoms with Crippen LogP contribution in [-0.2, 0) is 5.41 Å². The van der Waals surface area contributed by atoms with Crippen molar-refractivity contribution >= 4 is 44.6 Å². The van der Waals surface area contributed by atoms with Gasteiger partial charge in [0.2, 0.25) is 0 Å². The van der Waals surface area contributed by atoms with Crippen LogP contribution in [0.3, 0.4) is 0 Å². The lowest BCUT2D eigenvalue weighted by Gasteiger charge is -2.31. The number of halogens is 1. The van der Waals surface area contributed by atoms with Crippen molar-refractivity contribution in [2.75, 3.05) is 0 Å². The Morgan fingerprint density at radius 3 is 2.70 bits per heavy atom. The largest absolute Gasteiger partial charge is 0.313 e.